The second kappa shape index (κ2) is 3.40. The average Bonchev–Trinajstić information content (AvgIpc) is 2.71. The Bertz CT molecular complexity index is 284. The van der Waals surface area contributed by atoms with Crippen molar-refractivity contribution in [2.45, 2.75) is 38.6 Å². The highest BCUT2D eigenvalue weighted by Gasteiger charge is 2.19. The number of nitrogens with one attached hydrogen (secondary N) is 1. The van der Waals surface area contributed by atoms with Gasteiger partial charge in [0.2, 0.25) is 5.95 Å². The van der Waals surface area contributed by atoms with Crippen molar-refractivity contribution in [1.82, 2.24) is 9.55 Å². The Hall–Kier alpha value is -0.990. The Morgan fingerprint density at radius 2 is 2.15 bits per heavy atom. The summed E-state index contributed by atoms with van der Waals surface area (Å²) in [5, 5.41) is 3.15. The van der Waals surface area contributed by atoms with Gasteiger partial charge in [-0.15, -0.1) is 0 Å². The lowest BCUT2D eigenvalue weighted by molar-refractivity contribution is 0.524. The van der Waals surface area contributed by atoms with Crippen LogP contribution in [0, 0.1) is 6.92 Å². The predicted molar refractivity (Wildman–Crippen MR) is 54.0 cm³/mol. The topological polar surface area (TPSA) is 29.9 Å². The van der Waals surface area contributed by atoms with E-state index in [1.807, 2.05) is 14.0 Å². The van der Waals surface area contributed by atoms with Crippen LogP contribution in [0.1, 0.15) is 37.4 Å². The molecule has 2 rings (SSSR count). The second-order valence-electron chi connectivity index (χ2n) is 3.80. The van der Waals surface area contributed by atoms with E-state index >= 15 is 0 Å². The monoisotopic (exact) mass is 179 g/mol. The highest BCUT2D eigenvalue weighted by Crippen LogP contribution is 2.31. The van der Waals surface area contributed by atoms with Gasteiger partial charge in [0.25, 0.3) is 0 Å². The SMILES string of the molecule is CNc1nc(C)cn1C1CCCC1. The van der Waals surface area contributed by atoms with E-state index < -0.39 is 0 Å². The van der Waals surface area contributed by atoms with Gasteiger partial charge in [0.1, 0.15) is 0 Å². The van der Waals surface area contributed by atoms with Crippen molar-refractivity contribution in [3.8, 4) is 0 Å². The molecule has 0 radical (unpaired) electrons. The molecule has 0 aromatic carbocycles. The van der Waals surface area contributed by atoms with E-state index in [9.17, 15) is 0 Å². The normalized spacial score (nSPS) is 18.0. The minimum Gasteiger partial charge on any atom is -0.359 e. The fraction of sp³-hybridized carbons (Fsp3) is 0.700. The van der Waals surface area contributed by atoms with Gasteiger partial charge in [0.15, 0.2) is 0 Å². The van der Waals surface area contributed by atoms with E-state index in [1.165, 1.54) is 25.7 Å². The van der Waals surface area contributed by atoms with Gasteiger partial charge in [-0.2, -0.15) is 0 Å². The number of anilines is 1. The maximum absolute atomic E-state index is 4.43. The number of nitrogens with zero attached hydrogens (tertiary/aromatic N) is 2. The van der Waals surface area contributed by atoms with E-state index in [1.54, 1.807) is 0 Å². The van der Waals surface area contributed by atoms with Crippen LogP contribution < -0.4 is 5.32 Å². The zero-order valence-electron chi connectivity index (χ0n) is 8.38. The number of imidazole rings is 1. The summed E-state index contributed by atoms with van der Waals surface area (Å²) < 4.78 is 2.29. The van der Waals surface area contributed by atoms with Crippen molar-refractivity contribution in [2.24, 2.45) is 0 Å². The molecule has 13 heavy (non-hydrogen) atoms. The zero-order chi connectivity index (χ0) is 9.26. The van der Waals surface area contributed by atoms with Crippen LogP contribution in [-0.2, 0) is 0 Å². The van der Waals surface area contributed by atoms with Crippen LogP contribution in [0.5, 0.6) is 0 Å². The molecular weight excluding hydrogens is 162 g/mol. The molecule has 0 atom stereocenters. The van der Waals surface area contributed by atoms with E-state index in [0.717, 1.165) is 11.6 Å². The third kappa shape index (κ3) is 1.55. The Labute approximate surface area is 79.2 Å². The van der Waals surface area contributed by atoms with Gasteiger partial charge in [0.05, 0.1) is 5.69 Å². The zero-order valence-corrected chi connectivity index (χ0v) is 8.38. The molecule has 0 saturated heterocycles. The summed E-state index contributed by atoms with van der Waals surface area (Å²) >= 11 is 0. The second-order valence-corrected chi connectivity index (χ2v) is 3.80. The quantitative estimate of drug-likeness (QED) is 0.755. The number of hydrogen-bond acceptors (Lipinski definition) is 2. The maximum Gasteiger partial charge on any atom is 0.203 e. The van der Waals surface area contributed by atoms with Crippen molar-refractivity contribution in [3.05, 3.63) is 11.9 Å². The lowest BCUT2D eigenvalue weighted by Crippen LogP contribution is -2.07. The average molecular weight is 179 g/mol. The molecule has 1 N–H and O–H groups in total. The van der Waals surface area contributed by atoms with Gasteiger partial charge < -0.3 is 9.88 Å². The molecule has 1 aromatic heterocycles. The molecule has 0 bridgehead atoms. The predicted octanol–water partition coefficient (Wildman–Crippen LogP) is 2.35. The van der Waals surface area contributed by atoms with Gasteiger partial charge >= 0.3 is 0 Å². The first-order valence-electron chi connectivity index (χ1n) is 5.04. The lowest BCUT2D eigenvalue weighted by atomic mass is 10.2. The summed E-state index contributed by atoms with van der Waals surface area (Å²) in [6.45, 7) is 2.05. The molecular formula is C10H17N3. The van der Waals surface area contributed by atoms with Crippen LogP contribution in [0.15, 0.2) is 6.20 Å². The van der Waals surface area contributed by atoms with Crippen LogP contribution in [0.4, 0.5) is 5.95 Å². The standard InChI is InChI=1S/C10H17N3/c1-8-7-13(10(11-2)12-8)9-5-3-4-6-9/h7,9H,3-6H2,1-2H3,(H,11,12). The van der Waals surface area contributed by atoms with Gasteiger partial charge in [0, 0.05) is 19.3 Å². The van der Waals surface area contributed by atoms with Crippen LogP contribution in [-0.4, -0.2) is 16.6 Å². The molecule has 1 heterocycles. The first-order chi connectivity index (χ1) is 6.31. The van der Waals surface area contributed by atoms with E-state index in [4.69, 9.17) is 0 Å². The number of aryl methyl sites for hydroxylation is 1. The largest absolute Gasteiger partial charge is 0.359 e. The minimum absolute atomic E-state index is 0.684. The molecule has 1 aliphatic rings. The summed E-state index contributed by atoms with van der Waals surface area (Å²) in [6.07, 6.45) is 7.51. The molecule has 3 nitrogen and oxygen atoms in total. The number of aromatic nitrogens is 2. The molecule has 1 fully saturated rings. The van der Waals surface area contributed by atoms with Gasteiger partial charge in [-0.1, -0.05) is 12.8 Å². The Morgan fingerprint density at radius 1 is 1.46 bits per heavy atom. The number of hydrogen-bond donors (Lipinski definition) is 1. The Kier molecular flexibility index (Phi) is 2.25. The van der Waals surface area contributed by atoms with E-state index in [2.05, 4.69) is 21.1 Å². The lowest BCUT2D eigenvalue weighted by Gasteiger charge is -2.13. The fourth-order valence-corrected chi connectivity index (χ4v) is 2.16. The van der Waals surface area contributed by atoms with E-state index in [-0.39, 0.29) is 0 Å². The summed E-state index contributed by atoms with van der Waals surface area (Å²) in [5.74, 6) is 1.02. The first-order valence-corrected chi connectivity index (χ1v) is 5.04. The highest BCUT2D eigenvalue weighted by molar-refractivity contribution is 5.28. The minimum atomic E-state index is 0.684. The molecule has 72 valence electrons. The van der Waals surface area contributed by atoms with Crippen LogP contribution in [0.3, 0.4) is 0 Å². The number of rotatable bonds is 2. The van der Waals surface area contributed by atoms with Gasteiger partial charge in [-0.3, -0.25) is 0 Å². The van der Waals surface area contributed by atoms with Crippen molar-refractivity contribution in [1.29, 1.82) is 0 Å². The van der Waals surface area contributed by atoms with Crippen LogP contribution >= 0.6 is 0 Å². The maximum atomic E-state index is 4.43. The molecule has 1 aromatic rings. The summed E-state index contributed by atoms with van der Waals surface area (Å²) in [7, 11) is 1.94. The van der Waals surface area contributed by atoms with Crippen molar-refractivity contribution < 1.29 is 0 Å². The Morgan fingerprint density at radius 3 is 2.77 bits per heavy atom. The summed E-state index contributed by atoms with van der Waals surface area (Å²) in [4.78, 5) is 4.43. The smallest absolute Gasteiger partial charge is 0.203 e. The summed E-state index contributed by atoms with van der Waals surface area (Å²) in [6, 6.07) is 0.684. The highest BCUT2D eigenvalue weighted by atomic mass is 15.2. The molecule has 0 spiro atoms. The third-order valence-corrected chi connectivity index (χ3v) is 2.79. The summed E-state index contributed by atoms with van der Waals surface area (Å²) in [5.41, 5.74) is 1.11. The molecule has 1 aliphatic carbocycles. The molecule has 0 amide bonds. The van der Waals surface area contributed by atoms with Crippen molar-refractivity contribution in [2.75, 3.05) is 12.4 Å². The van der Waals surface area contributed by atoms with Gasteiger partial charge in [-0.25, -0.2) is 4.98 Å². The van der Waals surface area contributed by atoms with E-state index in [0.29, 0.717) is 6.04 Å². The van der Waals surface area contributed by atoms with Crippen molar-refractivity contribution in [3.63, 3.8) is 0 Å². The fourth-order valence-electron chi connectivity index (χ4n) is 2.16. The molecule has 3 heteroatoms. The van der Waals surface area contributed by atoms with Gasteiger partial charge in [-0.05, 0) is 19.8 Å². The van der Waals surface area contributed by atoms with Crippen LogP contribution in [0.2, 0.25) is 0 Å². The Balaban J connectivity index is 2.26. The first kappa shape index (κ1) is 8.60. The molecule has 0 unspecified atom stereocenters. The van der Waals surface area contributed by atoms with Crippen LogP contribution in [0.25, 0.3) is 0 Å². The molecule has 0 aliphatic heterocycles. The third-order valence-electron chi connectivity index (χ3n) is 2.79. The van der Waals surface area contributed by atoms with Crippen molar-refractivity contribution >= 4 is 5.95 Å². The molecule has 1 saturated carbocycles.